The predicted octanol–water partition coefficient (Wildman–Crippen LogP) is -4.31. The van der Waals surface area contributed by atoms with Crippen molar-refractivity contribution in [1.82, 2.24) is 68.0 Å². The van der Waals surface area contributed by atoms with Crippen molar-refractivity contribution in [3.63, 3.8) is 0 Å². The van der Waals surface area contributed by atoms with Gasteiger partial charge in [0, 0.05) is 61.9 Å². The van der Waals surface area contributed by atoms with Gasteiger partial charge in [-0.05, 0) is 55.5 Å². The normalized spacial score (nSPS) is 23.4. The van der Waals surface area contributed by atoms with Crippen LogP contribution in [0, 0.1) is 0 Å². The van der Waals surface area contributed by atoms with Gasteiger partial charge in [-0.1, -0.05) is 55.4 Å². The van der Waals surface area contributed by atoms with Gasteiger partial charge in [0.1, 0.15) is 36.3 Å². The van der Waals surface area contributed by atoms with Gasteiger partial charge in [-0.15, -0.1) is 0 Å². The lowest BCUT2D eigenvalue weighted by molar-refractivity contribution is -0.143. The number of aliphatic hydroxyl groups is 2. The summed E-state index contributed by atoms with van der Waals surface area (Å²) in [4.78, 5) is 194. The molecular formula is C55H70N14O16S2. The number of aliphatic hydroxyl groups excluding tert-OH is 2. The molecular weight excluding hydrogens is 1180 g/mol. The van der Waals surface area contributed by atoms with Crippen LogP contribution in [0.25, 0.3) is 10.9 Å². The van der Waals surface area contributed by atoms with Crippen molar-refractivity contribution in [2.75, 3.05) is 44.6 Å². The third kappa shape index (κ3) is 18.0. The lowest BCUT2D eigenvalue weighted by atomic mass is 10.0. The Labute approximate surface area is 507 Å². The predicted molar refractivity (Wildman–Crippen MR) is 312 cm³/mol. The minimum atomic E-state index is -1.73. The van der Waals surface area contributed by atoms with Crippen LogP contribution in [-0.4, -0.2) is 200 Å². The first-order valence-corrected chi connectivity index (χ1v) is 29.6. The number of anilines is 1. The monoisotopic (exact) mass is 1250 g/mol. The molecule has 87 heavy (non-hydrogen) atoms. The Balaban J connectivity index is 1.10. The van der Waals surface area contributed by atoms with Gasteiger partial charge >= 0.3 is 0 Å². The van der Waals surface area contributed by atoms with E-state index in [9.17, 15) is 77.3 Å². The molecule has 2 bridgehead atoms. The number of nitrogens with zero attached hydrogens (tertiary/aromatic N) is 2. The van der Waals surface area contributed by atoms with E-state index in [0.29, 0.717) is 34.1 Å². The molecule has 0 saturated carbocycles. The summed E-state index contributed by atoms with van der Waals surface area (Å²) in [5.41, 5.74) is 1.58. The number of benzene rings is 2. The Kier molecular flexibility index (Phi) is 23.2. The summed E-state index contributed by atoms with van der Waals surface area (Å²) >= 11 is 4.77. The molecule has 2 aromatic carbocycles. The van der Waals surface area contributed by atoms with Crippen LogP contribution >= 0.6 is 24.4 Å². The lowest BCUT2D eigenvalue weighted by Gasteiger charge is -2.30. The number of thiol groups is 1. The SMILES string of the molecule is CCCC1NC(=O)CNC(=O)[C@H]2Cc3c([nH]c4ccccc34)SC(NC(=O)CNC1=O)C(=O)N[C@@H](CC(=O)NCc1ccc(NC(=O)[C@H](C)NC(=O)CNC(=O)CCN3C(=O)CC(S)C3=O)cc1)C(=O)N1CCC[C@H]1C(=O)NC(C[C@@H](O)CO)C(=O)N2. The number of likely N-dealkylation sites (tertiary alicyclic amines) is 1. The van der Waals surface area contributed by atoms with Gasteiger partial charge in [-0.3, -0.25) is 72.0 Å². The Morgan fingerprint density at radius 3 is 2.16 bits per heavy atom. The van der Waals surface area contributed by atoms with Crippen LogP contribution < -0.4 is 58.5 Å². The molecule has 1 aromatic heterocycles. The second-order valence-corrected chi connectivity index (χ2v) is 22.9. The number of aromatic nitrogens is 1. The Morgan fingerprint density at radius 2 is 1.46 bits per heavy atom. The summed E-state index contributed by atoms with van der Waals surface area (Å²) in [6.07, 6.45) is -2.76. The number of thioether (sulfide) groups is 1. The number of nitrogens with one attached hydrogen (secondary N) is 12. The average molecular weight is 1250 g/mol. The van der Waals surface area contributed by atoms with Crippen LogP contribution in [0.15, 0.2) is 53.6 Å². The van der Waals surface area contributed by atoms with E-state index in [2.05, 4.69) is 76.1 Å². The maximum atomic E-state index is 14.9. The molecule has 14 amide bonds. The zero-order valence-corrected chi connectivity index (χ0v) is 49.2. The van der Waals surface area contributed by atoms with Crippen molar-refractivity contribution in [2.24, 2.45) is 0 Å². The number of hydrogen-bond donors (Lipinski definition) is 15. The highest BCUT2D eigenvalue weighted by atomic mass is 32.2. The molecule has 4 unspecified atom stereocenters. The highest BCUT2D eigenvalue weighted by Crippen LogP contribution is 2.33. The fourth-order valence-corrected chi connectivity index (χ4v) is 11.4. The highest BCUT2D eigenvalue weighted by Gasteiger charge is 2.42. The Hall–Kier alpha value is -8.62. The van der Waals surface area contributed by atoms with Gasteiger partial charge in [0.2, 0.25) is 76.8 Å². The standard InChI is InChI=1S/C55H70N14O16S2/c1-3-7-34-47(79)58-25-44(76)67-53-51(83)65-37(20-41(73)56-22-28-11-13-29(14-12-28)61-46(78)27(2)60-42(74)23-57-40(72)15-17-69-45(77)21-39(86)55(69)85)54(84)68-16-6-10-38(68)50(82)64-35(18-30(71)26-70)49(81)63-36(48(80)59-24-43(75)62-34)19-32-31-8-4-5-9-33(31)66-52(32)87-53/h4-5,8-9,11-14,27,30,34-39,53,66,70-71,86H,3,6-7,10,15-26H2,1-2H3,(H,56,73)(H,57,72)(H,58,79)(H,59,80)(H,60,74)(H,61,78)(H,62,75)(H,63,81)(H,64,82)(H,65,83)(H,67,76)/t27-,30+,34?,35?,36+,37-,38-,39?,53?/m0/s1. The number of carbonyl (C=O) groups is 14. The van der Waals surface area contributed by atoms with Crippen molar-refractivity contribution in [2.45, 2.75) is 136 Å². The maximum Gasteiger partial charge on any atom is 0.254 e. The summed E-state index contributed by atoms with van der Waals surface area (Å²) in [5.74, 6) is -10.9. The van der Waals surface area contributed by atoms with E-state index in [1.807, 2.05) is 0 Å². The van der Waals surface area contributed by atoms with Crippen molar-refractivity contribution in [3.8, 4) is 0 Å². The third-order valence-electron chi connectivity index (χ3n) is 14.6. The highest BCUT2D eigenvalue weighted by molar-refractivity contribution is 8.00. The van der Waals surface area contributed by atoms with Crippen LogP contribution in [0.3, 0.4) is 0 Å². The van der Waals surface area contributed by atoms with Crippen molar-refractivity contribution < 1.29 is 77.3 Å². The number of para-hydroxylation sites is 1. The fraction of sp³-hybridized carbons (Fsp3) is 0.491. The van der Waals surface area contributed by atoms with Crippen LogP contribution in [0.4, 0.5) is 5.69 Å². The zero-order valence-electron chi connectivity index (χ0n) is 47.5. The number of imide groups is 1. The average Bonchev–Trinajstić information content (AvgIpc) is 2.33. The first-order valence-electron chi connectivity index (χ1n) is 28.2. The van der Waals surface area contributed by atoms with Gasteiger partial charge in [-0.2, -0.15) is 12.6 Å². The largest absolute Gasteiger partial charge is 0.394 e. The van der Waals surface area contributed by atoms with E-state index in [-0.39, 0.29) is 63.2 Å². The molecule has 0 spiro atoms. The van der Waals surface area contributed by atoms with E-state index >= 15 is 0 Å². The van der Waals surface area contributed by atoms with Gasteiger partial charge in [0.05, 0.1) is 49.0 Å². The van der Waals surface area contributed by atoms with E-state index in [1.54, 1.807) is 43.3 Å². The van der Waals surface area contributed by atoms with E-state index in [1.165, 1.54) is 19.1 Å². The second kappa shape index (κ2) is 30.6. The number of aromatic amines is 1. The Morgan fingerprint density at radius 1 is 0.759 bits per heavy atom. The molecule has 0 radical (unpaired) electrons. The first kappa shape index (κ1) is 65.9. The smallest absolute Gasteiger partial charge is 0.254 e. The molecule has 2 saturated heterocycles. The molecule has 4 aliphatic heterocycles. The molecule has 5 heterocycles. The lowest BCUT2D eigenvalue weighted by Crippen LogP contribution is -2.60. The summed E-state index contributed by atoms with van der Waals surface area (Å²) in [5, 5.41) is 46.8. The molecule has 9 atom stereocenters. The molecule has 30 nitrogen and oxygen atoms in total. The van der Waals surface area contributed by atoms with E-state index in [0.717, 1.165) is 21.6 Å². The summed E-state index contributed by atoms with van der Waals surface area (Å²) in [6.45, 7) is 0.0531. The van der Waals surface area contributed by atoms with Gasteiger partial charge in [0.25, 0.3) is 5.91 Å². The first-order chi connectivity index (χ1) is 41.5. The van der Waals surface area contributed by atoms with Crippen LogP contribution in [0.5, 0.6) is 0 Å². The number of fused-ring (bicyclic) bond motifs is 4. The minimum Gasteiger partial charge on any atom is -0.394 e. The topological polar surface area (TPSA) is 434 Å². The zero-order chi connectivity index (χ0) is 63.1. The molecule has 3 aromatic rings. The van der Waals surface area contributed by atoms with Gasteiger partial charge in [0.15, 0.2) is 5.37 Å². The Bertz CT molecular complexity index is 3160. The molecule has 2 fully saturated rings. The second-order valence-electron chi connectivity index (χ2n) is 21.1. The summed E-state index contributed by atoms with van der Waals surface area (Å²) in [6, 6.07) is 4.37. The maximum absolute atomic E-state index is 14.9. The van der Waals surface area contributed by atoms with Crippen molar-refractivity contribution in [3.05, 3.63) is 59.7 Å². The van der Waals surface area contributed by atoms with E-state index < -0.39 is 175 Å². The van der Waals surface area contributed by atoms with Crippen LogP contribution in [0.2, 0.25) is 0 Å². The van der Waals surface area contributed by atoms with Gasteiger partial charge in [-0.25, -0.2) is 0 Å². The third-order valence-corrected chi connectivity index (χ3v) is 16.1. The number of hydrogen-bond acceptors (Lipinski definition) is 18. The quantitative estimate of drug-likeness (QED) is 0.0449. The number of rotatable bonds is 17. The number of carbonyl (C=O) groups excluding carboxylic acids is 14. The van der Waals surface area contributed by atoms with Crippen LogP contribution in [-0.2, 0) is 80.1 Å². The molecule has 0 aliphatic carbocycles. The van der Waals surface area contributed by atoms with E-state index in [4.69, 9.17) is 0 Å². The number of amides is 14. The molecule has 32 heteroatoms. The molecule has 7 rings (SSSR count). The molecule has 468 valence electrons. The van der Waals surface area contributed by atoms with Crippen LogP contribution in [0.1, 0.15) is 76.3 Å². The van der Waals surface area contributed by atoms with Crippen molar-refractivity contribution in [1.29, 1.82) is 0 Å². The minimum absolute atomic E-state index is 0.0349. The molecule has 4 aliphatic rings. The fourth-order valence-electron chi connectivity index (χ4n) is 9.96. The number of H-pyrrole nitrogens is 1. The van der Waals surface area contributed by atoms with Gasteiger partial charge < -0.3 is 78.6 Å². The summed E-state index contributed by atoms with van der Waals surface area (Å²) in [7, 11) is 0. The molecule has 14 N–H and O–H groups in total. The van der Waals surface area contributed by atoms with Crippen molar-refractivity contribution >= 4 is 124 Å². The summed E-state index contributed by atoms with van der Waals surface area (Å²) < 4.78 is 0.